The van der Waals surface area contributed by atoms with Crippen LogP contribution in [0.5, 0.6) is 0 Å². The van der Waals surface area contributed by atoms with Gasteiger partial charge in [-0.3, -0.25) is 0 Å². The molecule has 0 aliphatic carbocycles. The Morgan fingerprint density at radius 1 is 1.25 bits per heavy atom. The Kier molecular flexibility index (Phi) is 4.28. The molecule has 0 saturated carbocycles. The van der Waals surface area contributed by atoms with Gasteiger partial charge in [0.15, 0.2) is 0 Å². The number of imidazole rings is 1. The lowest BCUT2D eigenvalue weighted by Gasteiger charge is -2.06. The largest absolute Gasteiger partial charge is 0.383 e. The Bertz CT molecular complexity index is 603. The van der Waals surface area contributed by atoms with Crippen LogP contribution in [-0.4, -0.2) is 9.55 Å². The van der Waals surface area contributed by atoms with Crippen molar-refractivity contribution in [2.75, 3.05) is 5.73 Å². The first-order valence-electron chi connectivity index (χ1n) is 7.11. The zero-order valence-electron chi connectivity index (χ0n) is 12.6. The van der Waals surface area contributed by atoms with Crippen LogP contribution in [0.25, 0.3) is 11.3 Å². The van der Waals surface area contributed by atoms with Gasteiger partial charge in [0.2, 0.25) is 0 Å². The molecule has 0 spiro atoms. The molecule has 3 heteroatoms. The second kappa shape index (κ2) is 5.95. The third kappa shape index (κ3) is 2.77. The van der Waals surface area contributed by atoms with E-state index in [4.69, 9.17) is 10.7 Å². The Labute approximate surface area is 121 Å². The lowest BCUT2D eigenvalue weighted by molar-refractivity contribution is 0.724. The van der Waals surface area contributed by atoms with E-state index in [9.17, 15) is 0 Å². The third-order valence-corrected chi connectivity index (χ3v) is 3.37. The van der Waals surface area contributed by atoms with Crippen LogP contribution < -0.4 is 5.73 Å². The topological polar surface area (TPSA) is 43.8 Å². The van der Waals surface area contributed by atoms with E-state index >= 15 is 0 Å². The molecular weight excluding hydrogens is 246 g/mol. The SMILES string of the molecule is C=CCn1c(CCC)nc(-c2cc(C)cc(C)c2)c1N. The van der Waals surface area contributed by atoms with Crippen molar-refractivity contribution < 1.29 is 0 Å². The molecule has 20 heavy (non-hydrogen) atoms. The fraction of sp³-hybridized carbons (Fsp3) is 0.353. The summed E-state index contributed by atoms with van der Waals surface area (Å²) in [6.07, 6.45) is 3.85. The van der Waals surface area contributed by atoms with Crippen LogP contribution in [0, 0.1) is 13.8 Å². The summed E-state index contributed by atoms with van der Waals surface area (Å²) >= 11 is 0. The van der Waals surface area contributed by atoms with Crippen LogP contribution in [0.15, 0.2) is 30.9 Å². The van der Waals surface area contributed by atoms with Gasteiger partial charge in [0.05, 0.1) is 0 Å². The summed E-state index contributed by atoms with van der Waals surface area (Å²) in [6, 6.07) is 6.44. The molecule has 2 aromatic rings. The molecule has 0 aliphatic heterocycles. The minimum Gasteiger partial charge on any atom is -0.383 e. The molecule has 1 aromatic heterocycles. The molecule has 1 aromatic carbocycles. The number of hydrogen-bond acceptors (Lipinski definition) is 2. The van der Waals surface area contributed by atoms with Crippen molar-refractivity contribution in [2.24, 2.45) is 0 Å². The van der Waals surface area contributed by atoms with Crippen molar-refractivity contribution in [1.29, 1.82) is 0 Å². The molecule has 0 amide bonds. The number of anilines is 1. The molecule has 3 nitrogen and oxygen atoms in total. The second-order valence-corrected chi connectivity index (χ2v) is 5.29. The average Bonchev–Trinajstić information content (AvgIpc) is 2.67. The molecule has 2 N–H and O–H groups in total. The van der Waals surface area contributed by atoms with Gasteiger partial charge in [0, 0.05) is 18.5 Å². The molecule has 0 unspecified atom stereocenters. The number of rotatable bonds is 5. The first-order valence-corrected chi connectivity index (χ1v) is 7.11. The van der Waals surface area contributed by atoms with E-state index in [-0.39, 0.29) is 0 Å². The van der Waals surface area contributed by atoms with Crippen molar-refractivity contribution in [2.45, 2.75) is 40.2 Å². The lowest BCUT2D eigenvalue weighted by atomic mass is 10.1. The van der Waals surface area contributed by atoms with Crippen molar-refractivity contribution in [3.63, 3.8) is 0 Å². The number of nitrogens with zero attached hydrogens (tertiary/aromatic N) is 2. The Hall–Kier alpha value is -2.03. The zero-order valence-corrected chi connectivity index (χ0v) is 12.6. The van der Waals surface area contributed by atoms with Gasteiger partial charge >= 0.3 is 0 Å². The summed E-state index contributed by atoms with van der Waals surface area (Å²) in [5, 5.41) is 0. The highest BCUT2D eigenvalue weighted by atomic mass is 15.1. The summed E-state index contributed by atoms with van der Waals surface area (Å²) < 4.78 is 2.06. The van der Waals surface area contributed by atoms with E-state index in [1.54, 1.807) is 0 Å². The molecule has 0 atom stereocenters. The van der Waals surface area contributed by atoms with Gasteiger partial charge in [-0.25, -0.2) is 4.98 Å². The quantitative estimate of drug-likeness (QED) is 0.837. The smallest absolute Gasteiger partial charge is 0.132 e. The predicted molar refractivity (Wildman–Crippen MR) is 85.7 cm³/mol. The van der Waals surface area contributed by atoms with E-state index in [1.165, 1.54) is 11.1 Å². The van der Waals surface area contributed by atoms with Crippen LogP contribution in [0.1, 0.15) is 30.3 Å². The number of nitrogen functional groups attached to an aromatic ring is 1. The summed E-state index contributed by atoms with van der Waals surface area (Å²) in [5.41, 5.74) is 10.8. The van der Waals surface area contributed by atoms with E-state index in [2.05, 4.69) is 50.1 Å². The molecule has 0 radical (unpaired) electrons. The van der Waals surface area contributed by atoms with Gasteiger partial charge < -0.3 is 10.3 Å². The van der Waals surface area contributed by atoms with Crippen LogP contribution in [0.4, 0.5) is 5.82 Å². The monoisotopic (exact) mass is 269 g/mol. The highest BCUT2D eigenvalue weighted by Crippen LogP contribution is 2.28. The molecular formula is C17H23N3. The first kappa shape index (κ1) is 14.4. The minimum atomic E-state index is 0.707. The van der Waals surface area contributed by atoms with Crippen LogP contribution in [0.2, 0.25) is 0 Å². The predicted octanol–water partition coefficient (Wildman–Crippen LogP) is 3.89. The minimum absolute atomic E-state index is 0.707. The van der Waals surface area contributed by atoms with E-state index < -0.39 is 0 Å². The molecule has 1 heterocycles. The molecule has 0 fully saturated rings. The van der Waals surface area contributed by atoms with E-state index in [0.29, 0.717) is 6.54 Å². The fourth-order valence-corrected chi connectivity index (χ4v) is 2.58. The summed E-state index contributed by atoms with van der Waals surface area (Å²) in [4.78, 5) is 4.76. The van der Waals surface area contributed by atoms with E-state index in [1.807, 2.05) is 6.08 Å². The van der Waals surface area contributed by atoms with Gasteiger partial charge in [0.25, 0.3) is 0 Å². The Morgan fingerprint density at radius 2 is 1.90 bits per heavy atom. The maximum atomic E-state index is 6.31. The second-order valence-electron chi connectivity index (χ2n) is 5.29. The standard InChI is InChI=1S/C17H23N3/c1-5-7-15-19-16(17(18)20(15)8-6-2)14-10-12(3)9-13(4)11-14/h6,9-11H,2,5,7-8,18H2,1,3-4H3. The third-order valence-electron chi connectivity index (χ3n) is 3.37. The highest BCUT2D eigenvalue weighted by Gasteiger charge is 2.15. The lowest BCUT2D eigenvalue weighted by Crippen LogP contribution is -2.05. The maximum absolute atomic E-state index is 6.31. The van der Waals surface area contributed by atoms with Crippen molar-refractivity contribution in [1.82, 2.24) is 9.55 Å². The molecule has 0 bridgehead atoms. The number of allylic oxidation sites excluding steroid dienone is 1. The van der Waals surface area contributed by atoms with Crippen molar-refractivity contribution >= 4 is 5.82 Å². The van der Waals surface area contributed by atoms with Gasteiger partial charge in [-0.15, -0.1) is 6.58 Å². The molecule has 2 rings (SSSR count). The maximum Gasteiger partial charge on any atom is 0.132 e. The van der Waals surface area contributed by atoms with Gasteiger partial charge in [-0.05, 0) is 32.4 Å². The Balaban J connectivity index is 2.56. The molecule has 0 saturated heterocycles. The van der Waals surface area contributed by atoms with Gasteiger partial charge in [0.1, 0.15) is 17.3 Å². The Morgan fingerprint density at radius 3 is 2.45 bits per heavy atom. The highest BCUT2D eigenvalue weighted by molar-refractivity contribution is 5.72. The number of aryl methyl sites for hydroxylation is 3. The normalized spacial score (nSPS) is 10.8. The first-order chi connectivity index (χ1) is 9.56. The van der Waals surface area contributed by atoms with Crippen LogP contribution in [0.3, 0.4) is 0 Å². The number of benzene rings is 1. The number of hydrogen-bond donors (Lipinski definition) is 1. The zero-order chi connectivity index (χ0) is 14.7. The molecule has 106 valence electrons. The molecule has 0 aliphatic rings. The van der Waals surface area contributed by atoms with Gasteiger partial charge in [-0.2, -0.15) is 0 Å². The number of aromatic nitrogens is 2. The van der Waals surface area contributed by atoms with Gasteiger partial charge in [-0.1, -0.05) is 30.2 Å². The summed E-state index contributed by atoms with van der Waals surface area (Å²) in [6.45, 7) is 10.9. The van der Waals surface area contributed by atoms with E-state index in [0.717, 1.165) is 35.7 Å². The van der Waals surface area contributed by atoms with Crippen molar-refractivity contribution in [3.05, 3.63) is 47.8 Å². The average molecular weight is 269 g/mol. The summed E-state index contributed by atoms with van der Waals surface area (Å²) in [7, 11) is 0. The van der Waals surface area contributed by atoms with Crippen molar-refractivity contribution in [3.8, 4) is 11.3 Å². The van der Waals surface area contributed by atoms with Crippen LogP contribution >= 0.6 is 0 Å². The number of nitrogens with two attached hydrogens (primary N) is 1. The fourth-order valence-electron chi connectivity index (χ4n) is 2.58. The van der Waals surface area contributed by atoms with Crippen LogP contribution in [-0.2, 0) is 13.0 Å². The summed E-state index contributed by atoms with van der Waals surface area (Å²) in [5.74, 6) is 1.78.